The van der Waals surface area contributed by atoms with Gasteiger partial charge in [0.1, 0.15) is 0 Å². The summed E-state index contributed by atoms with van der Waals surface area (Å²) in [6.07, 6.45) is 2.70. The van der Waals surface area contributed by atoms with Crippen molar-refractivity contribution in [1.29, 1.82) is 0 Å². The third kappa shape index (κ3) is 5.94. The van der Waals surface area contributed by atoms with Crippen LogP contribution < -0.4 is 14.8 Å². The van der Waals surface area contributed by atoms with Crippen LogP contribution in [0.4, 0.5) is 0 Å². The third-order valence-corrected chi connectivity index (χ3v) is 6.18. The molecule has 180 valence electrons. The van der Waals surface area contributed by atoms with Crippen molar-refractivity contribution in [2.45, 2.75) is 32.7 Å². The molecule has 1 saturated heterocycles. The Hall–Kier alpha value is -3.39. The highest BCUT2D eigenvalue weighted by Crippen LogP contribution is 2.31. The maximum atomic E-state index is 12.7. The molecule has 8 heteroatoms. The van der Waals surface area contributed by atoms with Crippen molar-refractivity contribution in [3.8, 4) is 22.9 Å². The van der Waals surface area contributed by atoms with Crippen molar-refractivity contribution >= 4 is 5.91 Å². The lowest BCUT2D eigenvalue weighted by atomic mass is 9.97. The van der Waals surface area contributed by atoms with E-state index in [4.69, 9.17) is 14.0 Å². The molecule has 1 unspecified atom stereocenters. The lowest BCUT2D eigenvalue weighted by Gasteiger charge is -2.30. The fraction of sp³-hybridized carbons (Fsp3) is 0.423. The molecule has 0 bridgehead atoms. The van der Waals surface area contributed by atoms with Crippen LogP contribution in [-0.4, -0.2) is 54.8 Å². The standard InChI is InChI=1S/C26H32N4O4/c1-18-6-8-19(9-7-18)12-13-27-26(31)21-5-4-14-30(16-21)17-24-28-25(29-34-24)20-10-11-22(32-2)23(15-20)33-3/h6-11,15,21H,4-5,12-14,16-17H2,1-3H3,(H,27,31). The van der Waals surface area contributed by atoms with Crippen molar-refractivity contribution in [2.75, 3.05) is 33.9 Å². The summed E-state index contributed by atoms with van der Waals surface area (Å²) in [5.41, 5.74) is 3.27. The second kappa shape index (κ2) is 11.2. The monoisotopic (exact) mass is 464 g/mol. The Morgan fingerprint density at radius 1 is 1.15 bits per heavy atom. The second-order valence-electron chi connectivity index (χ2n) is 8.68. The first kappa shape index (κ1) is 23.8. The summed E-state index contributed by atoms with van der Waals surface area (Å²) in [4.78, 5) is 19.5. The highest BCUT2D eigenvalue weighted by Gasteiger charge is 2.26. The highest BCUT2D eigenvalue weighted by atomic mass is 16.5. The van der Waals surface area contributed by atoms with Gasteiger partial charge < -0.3 is 19.3 Å². The van der Waals surface area contributed by atoms with Crippen molar-refractivity contribution in [1.82, 2.24) is 20.4 Å². The van der Waals surface area contributed by atoms with E-state index in [0.717, 1.165) is 31.4 Å². The lowest BCUT2D eigenvalue weighted by Crippen LogP contribution is -2.43. The number of aryl methyl sites for hydroxylation is 1. The van der Waals surface area contributed by atoms with Gasteiger partial charge in [-0.1, -0.05) is 35.0 Å². The second-order valence-corrected chi connectivity index (χ2v) is 8.68. The third-order valence-electron chi connectivity index (χ3n) is 6.18. The van der Waals surface area contributed by atoms with E-state index in [1.54, 1.807) is 14.2 Å². The molecule has 8 nitrogen and oxygen atoms in total. The molecule has 4 rings (SSSR count). The minimum atomic E-state index is -0.0278. The zero-order valence-corrected chi connectivity index (χ0v) is 20.0. The SMILES string of the molecule is COc1ccc(-c2noc(CN3CCCC(C(=O)NCCc4ccc(C)cc4)C3)n2)cc1OC. The summed E-state index contributed by atoms with van der Waals surface area (Å²) in [6.45, 7) is 4.83. The van der Waals surface area contributed by atoms with Gasteiger partial charge in [-0.2, -0.15) is 4.98 Å². The van der Waals surface area contributed by atoms with Crippen LogP contribution in [-0.2, 0) is 17.8 Å². The molecule has 1 amide bonds. The summed E-state index contributed by atoms with van der Waals surface area (Å²) in [5, 5.41) is 7.23. The van der Waals surface area contributed by atoms with Crippen LogP contribution in [0, 0.1) is 12.8 Å². The Bertz CT molecular complexity index is 1100. The first-order chi connectivity index (χ1) is 16.6. The predicted octanol–water partition coefficient (Wildman–Crippen LogP) is 3.63. The Morgan fingerprint density at radius 2 is 1.94 bits per heavy atom. The molecule has 1 aliphatic heterocycles. The van der Waals surface area contributed by atoms with E-state index >= 15 is 0 Å². The Morgan fingerprint density at radius 3 is 2.71 bits per heavy atom. The largest absolute Gasteiger partial charge is 0.493 e. The van der Waals surface area contributed by atoms with E-state index < -0.39 is 0 Å². The summed E-state index contributed by atoms with van der Waals surface area (Å²) < 4.78 is 16.1. The van der Waals surface area contributed by atoms with Gasteiger partial charge in [0.2, 0.25) is 17.6 Å². The van der Waals surface area contributed by atoms with Crippen LogP contribution in [0.1, 0.15) is 29.9 Å². The molecular weight excluding hydrogens is 432 g/mol. The first-order valence-corrected chi connectivity index (χ1v) is 11.7. The van der Waals surface area contributed by atoms with Gasteiger partial charge >= 0.3 is 0 Å². The maximum Gasteiger partial charge on any atom is 0.241 e. The summed E-state index contributed by atoms with van der Waals surface area (Å²) in [7, 11) is 3.19. The Labute approximate surface area is 200 Å². The molecule has 0 saturated carbocycles. The minimum Gasteiger partial charge on any atom is -0.493 e. The van der Waals surface area contributed by atoms with E-state index in [2.05, 4.69) is 51.5 Å². The molecule has 2 heterocycles. The number of likely N-dealkylation sites (tertiary alicyclic amines) is 1. The van der Waals surface area contributed by atoms with Crippen molar-refractivity contribution in [2.24, 2.45) is 5.92 Å². The van der Waals surface area contributed by atoms with Gasteiger partial charge in [0.05, 0.1) is 26.7 Å². The van der Waals surface area contributed by atoms with Crippen LogP contribution in [0.25, 0.3) is 11.4 Å². The number of piperidine rings is 1. The lowest BCUT2D eigenvalue weighted by molar-refractivity contribution is -0.126. The summed E-state index contributed by atoms with van der Waals surface area (Å²) in [6, 6.07) is 13.9. The number of ether oxygens (including phenoxy) is 2. The van der Waals surface area contributed by atoms with Crippen LogP contribution in [0.15, 0.2) is 47.0 Å². The summed E-state index contributed by atoms with van der Waals surface area (Å²) >= 11 is 0. The normalized spacial score (nSPS) is 16.3. The summed E-state index contributed by atoms with van der Waals surface area (Å²) in [5.74, 6) is 2.38. The van der Waals surface area contributed by atoms with Gasteiger partial charge in [0.15, 0.2) is 11.5 Å². The molecule has 1 aromatic heterocycles. The van der Waals surface area contributed by atoms with Crippen LogP contribution in [0.5, 0.6) is 11.5 Å². The van der Waals surface area contributed by atoms with Crippen LogP contribution in [0.2, 0.25) is 0 Å². The number of carbonyl (C=O) groups is 1. The van der Waals surface area contributed by atoms with Crippen LogP contribution >= 0.6 is 0 Å². The molecule has 3 aromatic rings. The zero-order valence-electron chi connectivity index (χ0n) is 20.0. The van der Waals surface area contributed by atoms with E-state index in [-0.39, 0.29) is 11.8 Å². The quantitative estimate of drug-likeness (QED) is 0.517. The highest BCUT2D eigenvalue weighted by molar-refractivity contribution is 5.79. The van der Waals surface area contributed by atoms with Crippen LogP contribution in [0.3, 0.4) is 0 Å². The number of hydrogen-bond acceptors (Lipinski definition) is 7. The van der Waals surface area contributed by atoms with Gasteiger partial charge in [-0.05, 0) is 56.5 Å². The molecule has 0 spiro atoms. The van der Waals surface area contributed by atoms with Gasteiger partial charge in [-0.25, -0.2) is 0 Å². The molecule has 1 N–H and O–H groups in total. The Kier molecular flexibility index (Phi) is 7.80. The number of amides is 1. The molecule has 1 aliphatic rings. The van der Waals surface area contributed by atoms with Gasteiger partial charge in [0, 0.05) is 18.7 Å². The number of rotatable bonds is 9. The number of benzene rings is 2. The molecule has 1 fully saturated rings. The number of methoxy groups -OCH3 is 2. The van der Waals surface area contributed by atoms with Gasteiger partial charge in [0.25, 0.3) is 0 Å². The fourth-order valence-electron chi connectivity index (χ4n) is 4.25. The smallest absolute Gasteiger partial charge is 0.241 e. The van der Waals surface area contributed by atoms with E-state index in [1.807, 2.05) is 18.2 Å². The van der Waals surface area contributed by atoms with Crippen molar-refractivity contribution in [3.63, 3.8) is 0 Å². The van der Waals surface area contributed by atoms with E-state index in [1.165, 1.54) is 11.1 Å². The maximum absolute atomic E-state index is 12.7. The number of nitrogens with one attached hydrogen (secondary N) is 1. The average molecular weight is 465 g/mol. The molecule has 2 aromatic carbocycles. The van der Waals surface area contributed by atoms with Crippen molar-refractivity contribution < 1.29 is 18.8 Å². The number of carbonyl (C=O) groups excluding carboxylic acids is 1. The zero-order chi connectivity index (χ0) is 23.9. The van der Waals surface area contributed by atoms with Gasteiger partial charge in [-0.15, -0.1) is 0 Å². The molecule has 0 radical (unpaired) electrons. The number of aromatic nitrogens is 2. The topological polar surface area (TPSA) is 89.7 Å². The minimum absolute atomic E-state index is 0.0278. The molecule has 1 atom stereocenters. The van der Waals surface area contributed by atoms with Crippen molar-refractivity contribution in [3.05, 3.63) is 59.5 Å². The van der Waals surface area contributed by atoms with E-state index in [9.17, 15) is 4.79 Å². The molecule has 0 aliphatic carbocycles. The van der Waals surface area contributed by atoms with Gasteiger partial charge in [-0.3, -0.25) is 9.69 Å². The Balaban J connectivity index is 1.29. The molecular formula is C26H32N4O4. The molecule has 34 heavy (non-hydrogen) atoms. The predicted molar refractivity (Wildman–Crippen MR) is 129 cm³/mol. The number of nitrogens with zero attached hydrogens (tertiary/aromatic N) is 3. The average Bonchev–Trinajstić information content (AvgIpc) is 3.33. The number of hydrogen-bond donors (Lipinski definition) is 1. The fourth-order valence-corrected chi connectivity index (χ4v) is 4.25. The van der Waals surface area contributed by atoms with E-state index in [0.29, 0.717) is 42.8 Å². The first-order valence-electron chi connectivity index (χ1n) is 11.7.